The summed E-state index contributed by atoms with van der Waals surface area (Å²) in [6.45, 7) is 1.97. The van der Waals surface area contributed by atoms with Crippen molar-refractivity contribution in [2.45, 2.75) is 13.5 Å². The molecule has 2 aromatic rings. The molecule has 1 heterocycles. The average molecular weight is 435 g/mol. The lowest BCUT2D eigenvalue weighted by Gasteiger charge is -2.12. The highest BCUT2D eigenvalue weighted by Crippen LogP contribution is 2.33. The van der Waals surface area contributed by atoms with Gasteiger partial charge in [0.1, 0.15) is 6.54 Å². The second-order valence-corrected chi connectivity index (χ2v) is 8.03. The number of aryl methyl sites for hydroxylation is 1. The first-order valence-electron chi connectivity index (χ1n) is 8.36. The Balaban J connectivity index is 1.63. The number of benzene rings is 2. The van der Waals surface area contributed by atoms with Crippen molar-refractivity contribution in [1.82, 2.24) is 10.2 Å². The molecule has 1 saturated heterocycles. The van der Waals surface area contributed by atoms with Crippen LogP contribution in [0.1, 0.15) is 16.7 Å². The Labute approximate surface area is 176 Å². The van der Waals surface area contributed by atoms with Crippen LogP contribution in [0, 0.1) is 6.92 Å². The van der Waals surface area contributed by atoms with Crippen molar-refractivity contribution >= 4 is 58.1 Å². The zero-order valence-corrected chi connectivity index (χ0v) is 17.2. The second kappa shape index (κ2) is 8.82. The minimum absolute atomic E-state index is 0.209. The van der Waals surface area contributed by atoms with Crippen LogP contribution in [0.2, 0.25) is 10.0 Å². The Bertz CT molecular complexity index is 974. The van der Waals surface area contributed by atoms with Crippen molar-refractivity contribution in [2.75, 3.05) is 6.54 Å². The van der Waals surface area contributed by atoms with Gasteiger partial charge in [-0.05, 0) is 48.0 Å². The van der Waals surface area contributed by atoms with Gasteiger partial charge in [-0.15, -0.1) is 0 Å². The third-order valence-corrected chi connectivity index (χ3v) is 5.50. The summed E-state index contributed by atoms with van der Waals surface area (Å²) in [5.74, 6) is -0.930. The first kappa shape index (κ1) is 20.5. The van der Waals surface area contributed by atoms with Gasteiger partial charge in [0, 0.05) is 16.6 Å². The third kappa shape index (κ3) is 4.95. The SMILES string of the molecule is Cc1ccc(CNC(=O)CN2C(=O)S/C(=C\c3ccc(Cl)cc3Cl)C2=O)cc1. The number of nitrogens with one attached hydrogen (secondary N) is 1. The summed E-state index contributed by atoms with van der Waals surface area (Å²) in [5, 5.41) is 3.07. The number of rotatable bonds is 5. The molecule has 0 aromatic heterocycles. The third-order valence-electron chi connectivity index (χ3n) is 4.03. The van der Waals surface area contributed by atoms with Crippen LogP contribution in [-0.4, -0.2) is 28.5 Å². The zero-order valence-electron chi connectivity index (χ0n) is 14.9. The summed E-state index contributed by atoms with van der Waals surface area (Å²) in [6.07, 6.45) is 1.52. The van der Waals surface area contributed by atoms with E-state index in [-0.39, 0.29) is 11.4 Å². The fraction of sp³-hybridized carbons (Fsp3) is 0.150. The Kier molecular flexibility index (Phi) is 6.44. The van der Waals surface area contributed by atoms with Crippen molar-refractivity contribution in [3.05, 3.63) is 74.1 Å². The van der Waals surface area contributed by atoms with E-state index >= 15 is 0 Å². The molecule has 5 nitrogen and oxygen atoms in total. The van der Waals surface area contributed by atoms with Gasteiger partial charge in [-0.25, -0.2) is 0 Å². The number of nitrogens with zero attached hydrogens (tertiary/aromatic N) is 1. The zero-order chi connectivity index (χ0) is 20.3. The largest absolute Gasteiger partial charge is 0.350 e. The molecule has 28 heavy (non-hydrogen) atoms. The van der Waals surface area contributed by atoms with Gasteiger partial charge in [0.05, 0.1) is 4.91 Å². The van der Waals surface area contributed by atoms with Crippen LogP contribution in [0.5, 0.6) is 0 Å². The van der Waals surface area contributed by atoms with E-state index in [4.69, 9.17) is 23.2 Å². The normalized spacial score (nSPS) is 15.4. The molecule has 3 rings (SSSR count). The minimum Gasteiger partial charge on any atom is -0.350 e. The van der Waals surface area contributed by atoms with E-state index in [0.717, 1.165) is 27.8 Å². The monoisotopic (exact) mass is 434 g/mol. The molecule has 2 aromatic carbocycles. The number of carbonyl (C=O) groups is 3. The molecule has 0 aliphatic carbocycles. The van der Waals surface area contributed by atoms with Crippen LogP contribution in [0.4, 0.5) is 4.79 Å². The van der Waals surface area contributed by atoms with Crippen molar-refractivity contribution in [3.63, 3.8) is 0 Å². The molecule has 8 heteroatoms. The van der Waals surface area contributed by atoms with Crippen LogP contribution in [0.15, 0.2) is 47.4 Å². The number of halogens is 2. The van der Waals surface area contributed by atoms with Crippen molar-refractivity contribution in [2.24, 2.45) is 0 Å². The lowest BCUT2D eigenvalue weighted by molar-refractivity contribution is -0.129. The summed E-state index contributed by atoms with van der Waals surface area (Å²) in [5.41, 5.74) is 2.63. The van der Waals surface area contributed by atoms with Crippen molar-refractivity contribution < 1.29 is 14.4 Å². The first-order chi connectivity index (χ1) is 13.3. The number of hydrogen-bond donors (Lipinski definition) is 1. The predicted molar refractivity (Wildman–Crippen MR) is 112 cm³/mol. The van der Waals surface area contributed by atoms with Gasteiger partial charge in [-0.2, -0.15) is 0 Å². The van der Waals surface area contributed by atoms with E-state index in [2.05, 4.69) is 5.32 Å². The Morgan fingerprint density at radius 3 is 2.54 bits per heavy atom. The summed E-state index contributed by atoms with van der Waals surface area (Å²) >= 11 is 12.7. The van der Waals surface area contributed by atoms with Gasteiger partial charge in [0.25, 0.3) is 11.1 Å². The van der Waals surface area contributed by atoms with E-state index in [1.165, 1.54) is 6.08 Å². The lowest BCUT2D eigenvalue weighted by Crippen LogP contribution is -2.39. The maximum Gasteiger partial charge on any atom is 0.294 e. The van der Waals surface area contributed by atoms with Gasteiger partial charge >= 0.3 is 0 Å². The van der Waals surface area contributed by atoms with Crippen LogP contribution >= 0.6 is 35.0 Å². The molecular weight excluding hydrogens is 419 g/mol. The Morgan fingerprint density at radius 2 is 1.86 bits per heavy atom. The quantitative estimate of drug-likeness (QED) is 0.695. The van der Waals surface area contributed by atoms with Crippen molar-refractivity contribution in [1.29, 1.82) is 0 Å². The van der Waals surface area contributed by atoms with E-state index in [0.29, 0.717) is 22.2 Å². The van der Waals surface area contributed by atoms with E-state index in [9.17, 15) is 14.4 Å². The summed E-state index contributed by atoms with van der Waals surface area (Å²) in [6, 6.07) is 12.6. The highest BCUT2D eigenvalue weighted by molar-refractivity contribution is 8.18. The number of carbonyl (C=O) groups excluding carboxylic acids is 3. The fourth-order valence-corrected chi connectivity index (χ4v) is 3.79. The molecular formula is C20H16Cl2N2O3S. The smallest absolute Gasteiger partial charge is 0.294 e. The van der Waals surface area contributed by atoms with Gasteiger partial charge < -0.3 is 5.32 Å². The van der Waals surface area contributed by atoms with Gasteiger partial charge in [0.15, 0.2) is 0 Å². The fourth-order valence-electron chi connectivity index (χ4n) is 2.50. The standard InChI is InChI=1S/C20H16Cl2N2O3S/c1-12-2-4-13(5-3-12)10-23-18(25)11-24-19(26)17(28-20(24)27)8-14-6-7-15(21)9-16(14)22/h2-9H,10-11H2,1H3,(H,23,25)/b17-8-. The van der Waals surface area contributed by atoms with E-state index < -0.39 is 17.1 Å². The molecule has 1 fully saturated rings. The molecule has 0 saturated carbocycles. The van der Waals surface area contributed by atoms with E-state index in [1.807, 2.05) is 31.2 Å². The van der Waals surface area contributed by atoms with Crippen LogP contribution in [-0.2, 0) is 16.1 Å². The molecule has 0 bridgehead atoms. The summed E-state index contributed by atoms with van der Waals surface area (Å²) in [4.78, 5) is 38.0. The van der Waals surface area contributed by atoms with Crippen LogP contribution in [0.25, 0.3) is 6.08 Å². The average Bonchev–Trinajstić information content (AvgIpc) is 2.91. The summed E-state index contributed by atoms with van der Waals surface area (Å²) < 4.78 is 0. The number of imide groups is 1. The molecule has 0 atom stereocenters. The number of hydrogen-bond acceptors (Lipinski definition) is 4. The van der Waals surface area contributed by atoms with Crippen LogP contribution < -0.4 is 5.32 Å². The maximum atomic E-state index is 12.5. The molecule has 1 aliphatic rings. The molecule has 1 N–H and O–H groups in total. The molecule has 3 amide bonds. The number of thioether (sulfide) groups is 1. The minimum atomic E-state index is -0.522. The molecule has 0 radical (unpaired) electrons. The molecule has 1 aliphatic heterocycles. The highest BCUT2D eigenvalue weighted by Gasteiger charge is 2.36. The first-order valence-corrected chi connectivity index (χ1v) is 9.93. The van der Waals surface area contributed by atoms with Crippen LogP contribution in [0.3, 0.4) is 0 Å². The summed E-state index contributed by atoms with van der Waals surface area (Å²) in [7, 11) is 0. The van der Waals surface area contributed by atoms with Gasteiger partial charge in [-0.1, -0.05) is 59.1 Å². The predicted octanol–water partition coefficient (Wildman–Crippen LogP) is 4.65. The molecule has 0 spiro atoms. The Hall–Kier alpha value is -2.28. The highest BCUT2D eigenvalue weighted by atomic mass is 35.5. The Morgan fingerprint density at radius 1 is 1.14 bits per heavy atom. The number of amides is 3. The second-order valence-electron chi connectivity index (χ2n) is 6.20. The van der Waals surface area contributed by atoms with Gasteiger partial charge in [-0.3, -0.25) is 19.3 Å². The topological polar surface area (TPSA) is 66.5 Å². The maximum absolute atomic E-state index is 12.5. The van der Waals surface area contributed by atoms with Gasteiger partial charge in [0.2, 0.25) is 5.91 Å². The lowest BCUT2D eigenvalue weighted by atomic mass is 10.1. The molecule has 0 unspecified atom stereocenters. The van der Waals surface area contributed by atoms with Crippen molar-refractivity contribution in [3.8, 4) is 0 Å². The van der Waals surface area contributed by atoms with E-state index in [1.54, 1.807) is 18.2 Å². The molecule has 144 valence electrons.